The van der Waals surface area contributed by atoms with Crippen LogP contribution in [0.15, 0.2) is 6.07 Å². The molecule has 1 heterocycles. The summed E-state index contributed by atoms with van der Waals surface area (Å²) < 4.78 is 0. The third-order valence-electron chi connectivity index (χ3n) is 4.24. The lowest BCUT2D eigenvalue weighted by Gasteiger charge is -2.26. The van der Waals surface area contributed by atoms with Gasteiger partial charge < -0.3 is 10.4 Å². The van der Waals surface area contributed by atoms with Crippen LogP contribution in [0.4, 0.5) is 0 Å². The topological polar surface area (TPSA) is 49.3 Å². The van der Waals surface area contributed by atoms with Gasteiger partial charge in [0.15, 0.2) is 0 Å². The van der Waals surface area contributed by atoms with Gasteiger partial charge in [0, 0.05) is 11.4 Å². The summed E-state index contributed by atoms with van der Waals surface area (Å²) in [6.45, 7) is 4.54. The molecule has 1 saturated carbocycles. The predicted molar refractivity (Wildman–Crippen MR) is 83.4 cm³/mol. The highest BCUT2D eigenvalue weighted by Gasteiger charge is 2.28. The summed E-state index contributed by atoms with van der Waals surface area (Å²) in [6.07, 6.45) is 7.07. The molecule has 0 aliphatic heterocycles. The summed E-state index contributed by atoms with van der Waals surface area (Å²) in [6, 6.07) is 1.98. The zero-order valence-corrected chi connectivity index (χ0v) is 13.3. The lowest BCUT2D eigenvalue weighted by Crippen LogP contribution is -2.42. The molecule has 2 N–H and O–H groups in total. The van der Waals surface area contributed by atoms with Crippen molar-refractivity contribution >= 4 is 17.2 Å². The second-order valence-electron chi connectivity index (χ2n) is 5.87. The lowest BCUT2D eigenvalue weighted by molar-refractivity contribution is 0.0247. The molecular weight excluding hydrogens is 270 g/mol. The molecule has 0 unspecified atom stereocenters. The van der Waals surface area contributed by atoms with Crippen LogP contribution in [0.5, 0.6) is 0 Å². The van der Waals surface area contributed by atoms with Crippen LogP contribution in [0, 0.1) is 6.92 Å². The predicted octanol–water partition coefficient (Wildman–Crippen LogP) is 3.43. The second kappa shape index (κ2) is 6.72. The van der Waals surface area contributed by atoms with Gasteiger partial charge in [-0.25, -0.2) is 0 Å². The van der Waals surface area contributed by atoms with Crippen LogP contribution in [0.1, 0.15) is 65.6 Å². The van der Waals surface area contributed by atoms with Crippen molar-refractivity contribution in [2.45, 2.75) is 64.4 Å². The number of rotatable bonds is 4. The minimum atomic E-state index is -0.702. The number of amides is 1. The molecule has 0 bridgehead atoms. The van der Waals surface area contributed by atoms with Crippen molar-refractivity contribution in [3.8, 4) is 0 Å². The van der Waals surface area contributed by atoms with Gasteiger partial charge in [0.05, 0.1) is 10.5 Å². The van der Waals surface area contributed by atoms with Crippen LogP contribution in [0.25, 0.3) is 0 Å². The van der Waals surface area contributed by atoms with Crippen LogP contribution in [-0.2, 0) is 6.42 Å². The van der Waals surface area contributed by atoms with Gasteiger partial charge in [-0.15, -0.1) is 11.3 Å². The fraction of sp³-hybridized carbons (Fsp3) is 0.688. The van der Waals surface area contributed by atoms with E-state index in [0.717, 1.165) is 37.0 Å². The van der Waals surface area contributed by atoms with Crippen molar-refractivity contribution in [2.24, 2.45) is 0 Å². The molecule has 1 amide bonds. The van der Waals surface area contributed by atoms with Crippen LogP contribution in [0.2, 0.25) is 0 Å². The molecule has 1 aliphatic rings. The Labute approximate surface area is 125 Å². The molecule has 112 valence electrons. The molecule has 1 fully saturated rings. The molecule has 2 rings (SSSR count). The number of carbonyl (C=O) groups is 1. The molecule has 4 heteroatoms. The van der Waals surface area contributed by atoms with E-state index in [9.17, 15) is 9.90 Å². The number of aliphatic hydroxyl groups is 1. The van der Waals surface area contributed by atoms with Gasteiger partial charge in [-0.2, -0.15) is 0 Å². The molecule has 0 radical (unpaired) electrons. The molecule has 1 aromatic heterocycles. The number of hydrogen-bond acceptors (Lipinski definition) is 3. The fourth-order valence-corrected chi connectivity index (χ4v) is 3.91. The summed E-state index contributed by atoms with van der Waals surface area (Å²) in [7, 11) is 0. The van der Waals surface area contributed by atoms with Crippen molar-refractivity contribution < 1.29 is 9.90 Å². The minimum Gasteiger partial charge on any atom is -0.388 e. The zero-order chi connectivity index (χ0) is 14.6. The molecule has 1 aromatic rings. The van der Waals surface area contributed by atoms with E-state index in [-0.39, 0.29) is 5.91 Å². The van der Waals surface area contributed by atoms with Crippen molar-refractivity contribution in [3.05, 3.63) is 21.4 Å². The first-order valence-corrected chi connectivity index (χ1v) is 8.45. The van der Waals surface area contributed by atoms with Gasteiger partial charge in [-0.3, -0.25) is 4.79 Å². The van der Waals surface area contributed by atoms with E-state index in [1.54, 1.807) is 11.3 Å². The van der Waals surface area contributed by atoms with Gasteiger partial charge >= 0.3 is 0 Å². The Kier molecular flexibility index (Phi) is 5.22. The normalized spacial score (nSPS) is 18.6. The summed E-state index contributed by atoms with van der Waals surface area (Å²) in [4.78, 5) is 14.2. The highest BCUT2D eigenvalue weighted by atomic mass is 32.1. The third kappa shape index (κ3) is 3.83. The number of carbonyl (C=O) groups excluding carboxylic acids is 1. The van der Waals surface area contributed by atoms with E-state index in [0.29, 0.717) is 6.54 Å². The molecule has 0 aromatic carbocycles. The van der Waals surface area contributed by atoms with E-state index in [2.05, 4.69) is 19.2 Å². The molecule has 0 atom stereocenters. The van der Waals surface area contributed by atoms with Crippen LogP contribution >= 0.6 is 11.3 Å². The maximum Gasteiger partial charge on any atom is 0.261 e. The number of nitrogens with one attached hydrogen (secondary N) is 1. The summed E-state index contributed by atoms with van der Waals surface area (Å²) in [5.74, 6) is -0.0459. The molecule has 1 aliphatic carbocycles. The molecule has 20 heavy (non-hydrogen) atoms. The maximum atomic E-state index is 12.2. The van der Waals surface area contributed by atoms with E-state index in [1.165, 1.54) is 23.3 Å². The van der Waals surface area contributed by atoms with Crippen molar-refractivity contribution in [3.63, 3.8) is 0 Å². The minimum absolute atomic E-state index is 0.0459. The van der Waals surface area contributed by atoms with Gasteiger partial charge in [0.2, 0.25) is 0 Å². The zero-order valence-electron chi connectivity index (χ0n) is 12.5. The first-order chi connectivity index (χ1) is 9.54. The van der Waals surface area contributed by atoms with Crippen LogP contribution < -0.4 is 5.32 Å². The Hall–Kier alpha value is -0.870. The van der Waals surface area contributed by atoms with Crippen LogP contribution in [0.3, 0.4) is 0 Å². The third-order valence-corrected chi connectivity index (χ3v) is 5.33. The molecule has 0 saturated heterocycles. The average Bonchev–Trinajstić information content (AvgIpc) is 2.67. The van der Waals surface area contributed by atoms with E-state index < -0.39 is 5.60 Å². The quantitative estimate of drug-likeness (QED) is 0.836. The monoisotopic (exact) mass is 295 g/mol. The van der Waals surface area contributed by atoms with E-state index in [4.69, 9.17) is 0 Å². The Morgan fingerprint density at radius 1 is 1.35 bits per heavy atom. The molecule has 0 spiro atoms. The Bertz CT molecular complexity index is 459. The lowest BCUT2D eigenvalue weighted by atomic mass is 9.94. The van der Waals surface area contributed by atoms with Crippen LogP contribution in [-0.4, -0.2) is 23.2 Å². The highest BCUT2D eigenvalue weighted by Crippen LogP contribution is 2.27. The van der Waals surface area contributed by atoms with Crippen molar-refractivity contribution in [2.75, 3.05) is 6.54 Å². The SMILES string of the molecule is CCc1cc(C(=O)NCC2(O)CCCCCC2)sc1C. The van der Waals surface area contributed by atoms with Gasteiger partial charge in [0.25, 0.3) is 5.91 Å². The standard InChI is InChI=1S/C16H25NO2S/c1-3-13-10-14(20-12(13)2)15(18)17-11-16(19)8-6-4-5-7-9-16/h10,19H,3-9,11H2,1-2H3,(H,17,18). The average molecular weight is 295 g/mol. The van der Waals surface area contributed by atoms with Crippen molar-refractivity contribution in [1.82, 2.24) is 5.32 Å². The maximum absolute atomic E-state index is 12.2. The summed E-state index contributed by atoms with van der Waals surface area (Å²) >= 11 is 1.54. The Morgan fingerprint density at radius 3 is 2.55 bits per heavy atom. The molecular formula is C16H25NO2S. The second-order valence-corrected chi connectivity index (χ2v) is 7.12. The van der Waals surface area contributed by atoms with Gasteiger partial charge in [-0.1, -0.05) is 32.6 Å². The first kappa shape index (κ1) is 15.5. The number of thiophene rings is 1. The number of aryl methyl sites for hydroxylation is 2. The fourth-order valence-electron chi connectivity index (χ4n) is 2.88. The highest BCUT2D eigenvalue weighted by molar-refractivity contribution is 7.14. The number of hydrogen-bond donors (Lipinski definition) is 2. The first-order valence-electron chi connectivity index (χ1n) is 7.64. The van der Waals surface area contributed by atoms with Gasteiger partial charge in [0.1, 0.15) is 0 Å². The van der Waals surface area contributed by atoms with E-state index >= 15 is 0 Å². The van der Waals surface area contributed by atoms with E-state index in [1.807, 2.05) is 6.07 Å². The smallest absolute Gasteiger partial charge is 0.261 e. The largest absolute Gasteiger partial charge is 0.388 e. The molecule has 3 nitrogen and oxygen atoms in total. The Balaban J connectivity index is 1.93. The summed E-state index contributed by atoms with van der Waals surface area (Å²) in [5, 5.41) is 13.5. The van der Waals surface area contributed by atoms with Gasteiger partial charge in [-0.05, 0) is 37.8 Å². The Morgan fingerprint density at radius 2 is 2.00 bits per heavy atom. The summed E-state index contributed by atoms with van der Waals surface area (Å²) in [5.41, 5.74) is 0.541. The van der Waals surface area contributed by atoms with Crippen molar-refractivity contribution in [1.29, 1.82) is 0 Å².